The van der Waals surface area contributed by atoms with E-state index in [1.807, 2.05) is 33.3 Å². The van der Waals surface area contributed by atoms with Crippen molar-refractivity contribution in [1.82, 2.24) is 14.9 Å². The van der Waals surface area contributed by atoms with Gasteiger partial charge < -0.3 is 14.6 Å². The van der Waals surface area contributed by atoms with Crippen LogP contribution in [0.5, 0.6) is 0 Å². The molecule has 2 atom stereocenters. The Balaban J connectivity index is 1.91. The Morgan fingerprint density at radius 1 is 1.50 bits per heavy atom. The highest BCUT2D eigenvalue weighted by molar-refractivity contribution is 5.67. The molecule has 1 heterocycles. The zero-order chi connectivity index (χ0) is 14.8. The van der Waals surface area contributed by atoms with E-state index < -0.39 is 5.60 Å². The van der Waals surface area contributed by atoms with E-state index in [1.165, 1.54) is 19.3 Å². The van der Waals surface area contributed by atoms with Gasteiger partial charge >= 0.3 is 6.09 Å². The van der Waals surface area contributed by atoms with Crippen LogP contribution in [0.3, 0.4) is 0 Å². The molecule has 1 aromatic rings. The average molecular weight is 279 g/mol. The lowest BCUT2D eigenvalue weighted by molar-refractivity contribution is 0.0522. The molecule has 1 aliphatic rings. The van der Waals surface area contributed by atoms with E-state index in [4.69, 9.17) is 4.74 Å². The Kier molecular flexibility index (Phi) is 4.35. The number of nitrogens with zero attached hydrogens (tertiary/aromatic N) is 2. The third kappa shape index (κ3) is 3.99. The molecule has 1 saturated carbocycles. The lowest BCUT2D eigenvalue weighted by atomic mass is 10.1. The van der Waals surface area contributed by atoms with Crippen molar-refractivity contribution in [1.29, 1.82) is 0 Å². The summed E-state index contributed by atoms with van der Waals surface area (Å²) in [6, 6.07) is 0.517. The molecule has 0 aromatic carbocycles. The topological polar surface area (TPSA) is 56.2 Å². The molecule has 5 nitrogen and oxygen atoms in total. The van der Waals surface area contributed by atoms with Crippen LogP contribution in [0, 0.1) is 5.92 Å². The molecule has 2 rings (SSSR count). The molecule has 0 saturated heterocycles. The van der Waals surface area contributed by atoms with Crippen molar-refractivity contribution < 1.29 is 9.53 Å². The maximum absolute atomic E-state index is 11.7. The highest BCUT2D eigenvalue weighted by Gasteiger charge is 2.24. The standard InChI is InChI=1S/C15H25N3O2/c1-11-5-6-12(7-11)18-10-16-8-13(18)9-17-14(19)20-15(2,3)4/h8,10-12H,5-7,9H2,1-4H3,(H,17,19). The monoisotopic (exact) mass is 279 g/mol. The first kappa shape index (κ1) is 14.9. The molecule has 1 fully saturated rings. The van der Waals surface area contributed by atoms with Gasteiger partial charge in [0.05, 0.1) is 18.6 Å². The molecule has 1 aliphatic carbocycles. The minimum Gasteiger partial charge on any atom is -0.444 e. The summed E-state index contributed by atoms with van der Waals surface area (Å²) in [7, 11) is 0. The van der Waals surface area contributed by atoms with Crippen LogP contribution >= 0.6 is 0 Å². The second kappa shape index (κ2) is 5.85. The molecule has 112 valence electrons. The number of nitrogens with one attached hydrogen (secondary N) is 1. The van der Waals surface area contributed by atoms with Crippen molar-refractivity contribution in [2.75, 3.05) is 0 Å². The molecule has 20 heavy (non-hydrogen) atoms. The molecule has 1 N–H and O–H groups in total. The summed E-state index contributed by atoms with van der Waals surface area (Å²) in [5, 5.41) is 2.79. The molecule has 1 amide bonds. The van der Waals surface area contributed by atoms with Crippen molar-refractivity contribution in [3.63, 3.8) is 0 Å². The first-order valence-corrected chi connectivity index (χ1v) is 7.32. The van der Waals surface area contributed by atoms with Crippen LogP contribution in [-0.2, 0) is 11.3 Å². The average Bonchev–Trinajstić information content (AvgIpc) is 2.92. The van der Waals surface area contributed by atoms with E-state index >= 15 is 0 Å². The van der Waals surface area contributed by atoms with Gasteiger partial charge in [0, 0.05) is 12.2 Å². The van der Waals surface area contributed by atoms with Gasteiger partial charge in [0.15, 0.2) is 0 Å². The van der Waals surface area contributed by atoms with Crippen LogP contribution in [0.15, 0.2) is 12.5 Å². The molecule has 1 aromatic heterocycles. The van der Waals surface area contributed by atoms with Gasteiger partial charge in [0.1, 0.15) is 5.60 Å². The van der Waals surface area contributed by atoms with Crippen LogP contribution in [0.25, 0.3) is 0 Å². The SMILES string of the molecule is CC1CCC(n2cncc2CNC(=O)OC(C)(C)C)C1. The number of carbonyl (C=O) groups excluding carboxylic acids is 1. The predicted molar refractivity (Wildman–Crippen MR) is 77.4 cm³/mol. The van der Waals surface area contributed by atoms with Crippen LogP contribution in [0.1, 0.15) is 58.7 Å². The number of imidazole rings is 1. The van der Waals surface area contributed by atoms with Gasteiger partial charge in [-0.3, -0.25) is 0 Å². The summed E-state index contributed by atoms with van der Waals surface area (Å²) < 4.78 is 7.43. The van der Waals surface area contributed by atoms with E-state index in [2.05, 4.69) is 21.8 Å². The van der Waals surface area contributed by atoms with Gasteiger partial charge in [-0.1, -0.05) is 6.92 Å². The van der Waals surface area contributed by atoms with Crippen LogP contribution < -0.4 is 5.32 Å². The number of amides is 1. The number of aromatic nitrogens is 2. The van der Waals surface area contributed by atoms with Crippen LogP contribution in [-0.4, -0.2) is 21.2 Å². The largest absolute Gasteiger partial charge is 0.444 e. The number of carbonyl (C=O) groups is 1. The van der Waals surface area contributed by atoms with Gasteiger partial charge in [-0.25, -0.2) is 9.78 Å². The van der Waals surface area contributed by atoms with Crippen molar-refractivity contribution in [3.05, 3.63) is 18.2 Å². The minimum atomic E-state index is -0.467. The van der Waals surface area contributed by atoms with E-state index in [0.29, 0.717) is 12.6 Å². The van der Waals surface area contributed by atoms with Gasteiger partial charge in [0.2, 0.25) is 0 Å². The lowest BCUT2D eigenvalue weighted by Gasteiger charge is -2.20. The molecular weight excluding hydrogens is 254 g/mol. The summed E-state index contributed by atoms with van der Waals surface area (Å²) >= 11 is 0. The molecular formula is C15H25N3O2. The van der Waals surface area contributed by atoms with E-state index in [9.17, 15) is 4.79 Å². The van der Waals surface area contributed by atoms with Gasteiger partial charge in [-0.05, 0) is 46.0 Å². The lowest BCUT2D eigenvalue weighted by Crippen LogP contribution is -2.32. The van der Waals surface area contributed by atoms with Crippen LogP contribution in [0.2, 0.25) is 0 Å². The van der Waals surface area contributed by atoms with E-state index in [1.54, 1.807) is 0 Å². The molecule has 5 heteroatoms. The Hall–Kier alpha value is -1.52. The Bertz CT molecular complexity index is 462. The second-order valence-electron chi connectivity index (χ2n) is 6.72. The minimum absolute atomic E-state index is 0.384. The third-order valence-corrected chi connectivity index (χ3v) is 3.62. The summed E-state index contributed by atoms with van der Waals surface area (Å²) in [5.74, 6) is 0.772. The summed E-state index contributed by atoms with van der Waals surface area (Å²) in [4.78, 5) is 15.9. The zero-order valence-corrected chi connectivity index (χ0v) is 12.8. The number of hydrogen-bond acceptors (Lipinski definition) is 3. The fraction of sp³-hybridized carbons (Fsp3) is 0.733. The molecule has 0 bridgehead atoms. The highest BCUT2D eigenvalue weighted by atomic mass is 16.6. The second-order valence-corrected chi connectivity index (χ2v) is 6.72. The van der Waals surface area contributed by atoms with Crippen LogP contribution in [0.4, 0.5) is 4.79 Å². The summed E-state index contributed by atoms with van der Waals surface area (Å²) in [5.41, 5.74) is 0.570. The predicted octanol–water partition coefficient (Wildman–Crippen LogP) is 3.27. The highest BCUT2D eigenvalue weighted by Crippen LogP contribution is 2.34. The van der Waals surface area contributed by atoms with Crippen molar-refractivity contribution in [2.45, 2.75) is 65.1 Å². The fourth-order valence-electron chi connectivity index (χ4n) is 2.70. The Morgan fingerprint density at radius 2 is 2.25 bits per heavy atom. The maximum Gasteiger partial charge on any atom is 0.407 e. The zero-order valence-electron chi connectivity index (χ0n) is 12.8. The fourth-order valence-corrected chi connectivity index (χ4v) is 2.70. The van der Waals surface area contributed by atoms with Gasteiger partial charge in [0.25, 0.3) is 0 Å². The van der Waals surface area contributed by atoms with Gasteiger partial charge in [-0.15, -0.1) is 0 Å². The maximum atomic E-state index is 11.7. The smallest absolute Gasteiger partial charge is 0.407 e. The molecule has 2 unspecified atom stereocenters. The molecule has 0 spiro atoms. The van der Waals surface area contributed by atoms with Crippen molar-refractivity contribution in [2.24, 2.45) is 5.92 Å². The first-order chi connectivity index (χ1) is 9.35. The summed E-state index contributed by atoms with van der Waals surface area (Å²) in [6.45, 7) is 8.32. The Morgan fingerprint density at radius 3 is 2.85 bits per heavy atom. The normalized spacial score (nSPS) is 22.8. The first-order valence-electron chi connectivity index (χ1n) is 7.32. The number of alkyl carbamates (subject to hydrolysis) is 1. The quantitative estimate of drug-likeness (QED) is 0.924. The number of ether oxygens (including phenoxy) is 1. The third-order valence-electron chi connectivity index (χ3n) is 3.62. The number of rotatable bonds is 3. The molecule has 0 aliphatic heterocycles. The number of hydrogen-bond donors (Lipinski definition) is 1. The summed E-state index contributed by atoms with van der Waals surface area (Å²) in [6.07, 6.45) is 6.95. The molecule has 0 radical (unpaired) electrons. The van der Waals surface area contributed by atoms with Crippen molar-refractivity contribution in [3.8, 4) is 0 Å². The van der Waals surface area contributed by atoms with Crippen molar-refractivity contribution >= 4 is 6.09 Å². The van der Waals surface area contributed by atoms with E-state index in [-0.39, 0.29) is 6.09 Å². The van der Waals surface area contributed by atoms with E-state index in [0.717, 1.165) is 11.6 Å². The Labute approximate surface area is 120 Å². The van der Waals surface area contributed by atoms with Gasteiger partial charge in [-0.2, -0.15) is 0 Å².